The van der Waals surface area contributed by atoms with Gasteiger partial charge in [-0.2, -0.15) is 0 Å². The minimum Gasteiger partial charge on any atom is -0.358 e. The zero-order valence-electron chi connectivity index (χ0n) is 11.6. The molecule has 0 bridgehead atoms. The second-order valence-electron chi connectivity index (χ2n) is 3.54. The van der Waals surface area contributed by atoms with Crippen LogP contribution in [0.3, 0.4) is 0 Å². The second-order valence-corrected chi connectivity index (χ2v) is 3.54. The van der Waals surface area contributed by atoms with Crippen LogP contribution in [0.2, 0.25) is 0 Å². The van der Waals surface area contributed by atoms with E-state index in [4.69, 9.17) is 9.30 Å². The molecule has 110 valence electrons. The fourth-order valence-corrected chi connectivity index (χ4v) is 1.77. The molecule has 0 spiro atoms. The monoisotopic (exact) mass is 430 g/mol. The molecule has 0 radical (unpaired) electrons. The Bertz CT molecular complexity index is 97.0. The summed E-state index contributed by atoms with van der Waals surface area (Å²) < 4.78 is 15.0. The average molecular weight is 428 g/mol. The molecule has 4 heteroatoms. The van der Waals surface area contributed by atoms with Crippen LogP contribution in [0.1, 0.15) is 64.2 Å². The Morgan fingerprint density at radius 1 is 0.444 bits per heavy atom. The summed E-state index contributed by atoms with van der Waals surface area (Å²) in [6.45, 7) is 9.00. The molecule has 0 aliphatic heterocycles. The van der Waals surface area contributed by atoms with Crippen molar-refractivity contribution >= 4 is 0 Å². The van der Waals surface area contributed by atoms with Crippen LogP contribution in [0, 0.1) is 28.2 Å². The van der Waals surface area contributed by atoms with Gasteiger partial charge >= 0.3 is 42.1 Å². The molecule has 2 fully saturated rings. The zero-order valence-corrected chi connectivity index (χ0v) is 15.1. The molecule has 18 heavy (non-hydrogen) atoms. The minimum atomic E-state index is 0. The van der Waals surface area contributed by atoms with E-state index in [-0.39, 0.29) is 53.8 Å². The first kappa shape index (κ1) is 36.3. The normalized spacial score (nSPS) is 13.6. The summed E-state index contributed by atoms with van der Waals surface area (Å²) in [6.07, 6.45) is 15.0. The smallest absolute Gasteiger partial charge is 0.358 e. The molecule has 0 saturated heterocycles. The Labute approximate surface area is 140 Å². The first-order valence-electron chi connectivity index (χ1n) is 5.41. The molecule has 2 aliphatic rings. The number of hydrogen-bond donors (Lipinski definition) is 0. The van der Waals surface area contributed by atoms with E-state index in [0.29, 0.717) is 0 Å². The first-order valence-corrected chi connectivity index (χ1v) is 5.41. The van der Waals surface area contributed by atoms with Gasteiger partial charge in [0.25, 0.3) is 0 Å². The van der Waals surface area contributed by atoms with E-state index in [1.54, 1.807) is 0 Å². The van der Waals surface area contributed by atoms with Crippen molar-refractivity contribution in [2.24, 2.45) is 0 Å². The van der Waals surface area contributed by atoms with E-state index in [2.05, 4.69) is 13.3 Å². The third-order valence-electron chi connectivity index (χ3n) is 2.50. The van der Waals surface area contributed by atoms with E-state index < -0.39 is 0 Å². The molecule has 0 atom stereocenters. The van der Waals surface area contributed by atoms with Crippen molar-refractivity contribution in [1.29, 1.82) is 0 Å². The predicted molar refractivity (Wildman–Crippen MR) is 66.9 cm³/mol. The van der Waals surface area contributed by atoms with Gasteiger partial charge in [-0.1, -0.05) is 64.2 Å². The molecule has 0 aromatic heterocycles. The van der Waals surface area contributed by atoms with Gasteiger partial charge in [-0.3, -0.25) is 0 Å². The van der Waals surface area contributed by atoms with Crippen LogP contribution < -0.4 is 0 Å². The fraction of sp³-hybridized carbons (Fsp3) is 0.714. The maximum absolute atomic E-state index is 7.50. The van der Waals surface area contributed by atoms with Gasteiger partial charge in [0.1, 0.15) is 0 Å². The van der Waals surface area contributed by atoms with Gasteiger partial charge < -0.3 is 14.9 Å². The maximum Gasteiger partial charge on any atom is 2.00 e. The predicted octanol–water partition coefficient (Wildman–Crippen LogP) is 4.72. The first-order chi connectivity index (χ1) is 7.00. The summed E-state index contributed by atoms with van der Waals surface area (Å²) in [7, 11) is 0. The Morgan fingerprint density at radius 3 is 0.556 bits per heavy atom. The minimum absolute atomic E-state index is 0. The van der Waals surface area contributed by atoms with Crippen LogP contribution in [0.25, 0.3) is 0 Å². The molecule has 0 aromatic carbocycles. The molecule has 0 amide bonds. The maximum atomic E-state index is 7.50. The summed E-state index contributed by atoms with van der Waals surface area (Å²) >= 11 is 0. The van der Waals surface area contributed by atoms with Crippen LogP contribution >= 0.6 is 0 Å². The Kier molecular flexibility index (Phi) is 87.0. The second kappa shape index (κ2) is 43.1. The van der Waals surface area contributed by atoms with Crippen molar-refractivity contribution in [2.45, 2.75) is 64.2 Å². The van der Waals surface area contributed by atoms with Gasteiger partial charge in [0.2, 0.25) is 0 Å². The van der Waals surface area contributed by atoms with Crippen LogP contribution in [0.5, 0.6) is 0 Å². The average Bonchev–Trinajstić information content (AvgIpc) is 3.01. The molecule has 0 heterocycles. The van der Waals surface area contributed by atoms with Crippen molar-refractivity contribution < 1.29 is 48.3 Å². The summed E-state index contributed by atoms with van der Waals surface area (Å²) in [4.78, 5) is 0. The van der Waals surface area contributed by atoms with Crippen LogP contribution in [-0.2, 0) is 48.3 Å². The molecule has 0 N–H and O–H groups in total. The van der Waals surface area contributed by atoms with E-state index in [1.807, 2.05) is 0 Å². The third kappa shape index (κ3) is 36.0. The van der Waals surface area contributed by atoms with Crippen LogP contribution in [-0.4, -0.2) is 0 Å². The molecular formula is C14H26O2Ru2. The molecular weight excluding hydrogens is 402 g/mol. The van der Waals surface area contributed by atoms with Crippen LogP contribution in [0.15, 0.2) is 0 Å². The number of rotatable bonds is 0. The Hall–Kier alpha value is 0.727. The van der Waals surface area contributed by atoms with E-state index >= 15 is 0 Å². The SMILES string of the molecule is C1CCCC1.C1CCCC1.[C-]#[O+].[C-]#[O+].[CH3-].[CH3-].[Ru+2].[Ru]. The van der Waals surface area contributed by atoms with Gasteiger partial charge in [-0.05, 0) is 0 Å². The Morgan fingerprint density at radius 2 is 0.500 bits per heavy atom. The summed E-state index contributed by atoms with van der Waals surface area (Å²) in [5.41, 5.74) is 0. The van der Waals surface area contributed by atoms with Gasteiger partial charge in [0.15, 0.2) is 0 Å². The molecule has 0 unspecified atom stereocenters. The zero-order chi connectivity index (χ0) is 11.1. The standard InChI is InChI=1S/2C5H10.2CO.2CH3.2Ru/c2*1-2-4-5-3-1;2*1-2;;;;/h2*1-5H2;;;2*1H3;;/q;;;;2*-1;;+2. The van der Waals surface area contributed by atoms with Gasteiger partial charge in [-0.25, -0.2) is 0 Å². The third-order valence-corrected chi connectivity index (χ3v) is 2.50. The summed E-state index contributed by atoms with van der Waals surface area (Å²) in [6, 6.07) is 0. The molecule has 2 saturated carbocycles. The van der Waals surface area contributed by atoms with E-state index in [1.165, 1.54) is 64.2 Å². The molecule has 2 rings (SSSR count). The van der Waals surface area contributed by atoms with Crippen LogP contribution in [0.4, 0.5) is 0 Å². The summed E-state index contributed by atoms with van der Waals surface area (Å²) in [5.74, 6) is 0. The molecule has 2 aliphatic carbocycles. The quantitative estimate of drug-likeness (QED) is 0.304. The van der Waals surface area contributed by atoms with E-state index in [0.717, 1.165) is 0 Å². The summed E-state index contributed by atoms with van der Waals surface area (Å²) in [5, 5.41) is 0. The topological polar surface area (TPSA) is 39.8 Å². The van der Waals surface area contributed by atoms with Gasteiger partial charge in [0.05, 0.1) is 0 Å². The number of hydrogen-bond acceptors (Lipinski definition) is 0. The van der Waals surface area contributed by atoms with Crippen molar-refractivity contribution in [2.75, 3.05) is 0 Å². The van der Waals surface area contributed by atoms with Crippen molar-refractivity contribution in [3.05, 3.63) is 28.2 Å². The molecule has 0 aromatic rings. The largest absolute Gasteiger partial charge is 2.00 e. The van der Waals surface area contributed by atoms with Crippen molar-refractivity contribution in [3.8, 4) is 0 Å². The van der Waals surface area contributed by atoms with Gasteiger partial charge in [0, 0.05) is 19.5 Å². The Balaban J connectivity index is -0.0000000268. The van der Waals surface area contributed by atoms with E-state index in [9.17, 15) is 0 Å². The van der Waals surface area contributed by atoms with Gasteiger partial charge in [-0.15, -0.1) is 0 Å². The molecule has 2 nitrogen and oxygen atoms in total. The van der Waals surface area contributed by atoms with Crippen molar-refractivity contribution in [1.82, 2.24) is 0 Å². The van der Waals surface area contributed by atoms with Crippen molar-refractivity contribution in [3.63, 3.8) is 0 Å². The fourth-order valence-electron chi connectivity index (χ4n) is 1.77.